The second-order valence-corrected chi connectivity index (χ2v) is 4.60. The quantitative estimate of drug-likeness (QED) is 0.355. The van der Waals surface area contributed by atoms with Crippen molar-refractivity contribution < 1.29 is 24.9 Å². The van der Waals surface area contributed by atoms with Crippen molar-refractivity contribution in [2.45, 2.75) is 31.8 Å². The predicted molar refractivity (Wildman–Crippen MR) is 89.4 cm³/mol. The second-order valence-electron chi connectivity index (χ2n) is 4.60. The van der Waals surface area contributed by atoms with Gasteiger partial charge in [0.25, 0.3) is 0 Å². The summed E-state index contributed by atoms with van der Waals surface area (Å²) in [5.74, 6) is -2.79. The lowest BCUT2D eigenvalue weighted by Gasteiger charge is -2.11. The molecule has 1 rings (SSSR count). The minimum absolute atomic E-state index is 0. The number of aromatic nitrogens is 1. The minimum Gasteiger partial charge on any atom is -0.494 e. The average molecular weight is 373 g/mol. The third-order valence-electron chi connectivity index (χ3n) is 2.90. The molecule has 0 saturated carbocycles. The van der Waals surface area contributed by atoms with E-state index in [-0.39, 0.29) is 30.5 Å². The van der Waals surface area contributed by atoms with Gasteiger partial charge in [0.15, 0.2) is 5.88 Å². The number of carbonyl (C=O) groups excluding carboxylic acids is 1. The van der Waals surface area contributed by atoms with E-state index >= 15 is 0 Å². The largest absolute Gasteiger partial charge is 0.494 e. The monoisotopic (exact) mass is 372 g/mol. The van der Waals surface area contributed by atoms with Crippen LogP contribution in [0.3, 0.4) is 0 Å². The highest BCUT2D eigenvalue weighted by Crippen LogP contribution is 2.32. The van der Waals surface area contributed by atoms with E-state index in [1.54, 1.807) is 0 Å². The molecule has 23 heavy (non-hydrogen) atoms. The second kappa shape index (κ2) is 10.9. The van der Waals surface area contributed by atoms with E-state index in [1.165, 1.54) is 0 Å². The van der Waals surface area contributed by atoms with Crippen molar-refractivity contribution in [2.24, 2.45) is 11.5 Å². The minimum atomic E-state index is -1.24. The zero-order valence-corrected chi connectivity index (χ0v) is 13.9. The number of aromatic hydroxyl groups is 2. The lowest BCUT2D eigenvalue weighted by Crippen LogP contribution is -2.35. The lowest BCUT2D eigenvalue weighted by molar-refractivity contribution is -0.137. The zero-order chi connectivity index (χ0) is 16.0. The van der Waals surface area contributed by atoms with E-state index in [0.29, 0.717) is 19.4 Å². The Morgan fingerprint density at radius 3 is 2.39 bits per heavy atom. The number of carboxylic acids is 1. The molecule has 134 valence electrons. The summed E-state index contributed by atoms with van der Waals surface area (Å²) in [6.45, 7) is -0.114. The average Bonchev–Trinajstić information content (AvgIpc) is 2.66. The number of rotatable bonds is 8. The third kappa shape index (κ3) is 6.95. The molecule has 11 heteroatoms. The fourth-order valence-corrected chi connectivity index (χ4v) is 1.77. The van der Waals surface area contributed by atoms with Crippen LogP contribution in [-0.4, -0.2) is 44.3 Å². The topological polar surface area (TPSA) is 164 Å². The van der Waals surface area contributed by atoms with Crippen LogP contribution < -0.4 is 16.8 Å². The summed E-state index contributed by atoms with van der Waals surface area (Å²) in [6, 6.07) is 0.281. The van der Waals surface area contributed by atoms with Gasteiger partial charge in [-0.15, -0.1) is 24.8 Å². The predicted octanol–water partition coefficient (Wildman–Crippen LogP) is 0.222. The maximum atomic E-state index is 11.8. The molecule has 1 heterocycles. The van der Waals surface area contributed by atoms with Crippen molar-refractivity contribution in [3.05, 3.63) is 6.07 Å². The molecule has 1 amide bonds. The maximum absolute atomic E-state index is 11.8. The first-order valence-corrected chi connectivity index (χ1v) is 6.46. The van der Waals surface area contributed by atoms with E-state index in [4.69, 9.17) is 16.6 Å². The third-order valence-corrected chi connectivity index (χ3v) is 2.90. The summed E-state index contributed by atoms with van der Waals surface area (Å²) in [4.78, 5) is 22.4. The van der Waals surface area contributed by atoms with Crippen LogP contribution in [0.25, 0.3) is 0 Å². The van der Waals surface area contributed by atoms with Crippen LogP contribution in [0.15, 0.2) is 6.07 Å². The molecule has 0 aliphatic rings. The number of halogens is 2. The van der Waals surface area contributed by atoms with Gasteiger partial charge in [-0.2, -0.15) is 0 Å². The molecule has 8 N–H and O–H groups in total. The molecule has 0 fully saturated rings. The number of aliphatic carboxylic acids is 1. The standard InChI is InChI=1S/C12H20N4O5.2ClH/c13-4-2-1-3-7(14)11(20)15-8-5-9(17)16(12(8)21)6-10(18)19;;/h5,7,17,21H,1-4,6,13-14H2,(H,15,20)(H,18,19);2*1H/t7-;;/m0../s1. The van der Waals surface area contributed by atoms with Crippen molar-refractivity contribution in [3.8, 4) is 11.8 Å². The summed E-state index contributed by atoms with van der Waals surface area (Å²) in [6.07, 6.45) is 1.88. The Hall–Kier alpha value is -1.68. The van der Waals surface area contributed by atoms with Crippen molar-refractivity contribution in [1.29, 1.82) is 0 Å². The highest BCUT2D eigenvalue weighted by Gasteiger charge is 2.20. The first-order valence-electron chi connectivity index (χ1n) is 6.46. The Balaban J connectivity index is 0. The van der Waals surface area contributed by atoms with Gasteiger partial charge in [0.2, 0.25) is 11.8 Å². The van der Waals surface area contributed by atoms with Gasteiger partial charge in [-0.05, 0) is 19.4 Å². The molecule has 9 nitrogen and oxygen atoms in total. The molecule has 1 aromatic heterocycles. The van der Waals surface area contributed by atoms with Gasteiger partial charge >= 0.3 is 5.97 Å². The molecule has 0 aliphatic heterocycles. The number of carbonyl (C=O) groups is 2. The van der Waals surface area contributed by atoms with Gasteiger partial charge in [-0.1, -0.05) is 6.42 Å². The van der Waals surface area contributed by atoms with Gasteiger partial charge in [-0.3, -0.25) is 14.2 Å². The van der Waals surface area contributed by atoms with Crippen LogP contribution in [0.5, 0.6) is 11.8 Å². The Labute approximate surface area is 145 Å². The number of nitrogens with zero attached hydrogens (tertiary/aromatic N) is 1. The van der Waals surface area contributed by atoms with E-state index in [1.807, 2.05) is 0 Å². The van der Waals surface area contributed by atoms with E-state index in [0.717, 1.165) is 17.1 Å². The number of anilines is 1. The highest BCUT2D eigenvalue weighted by molar-refractivity contribution is 5.96. The summed E-state index contributed by atoms with van der Waals surface area (Å²) in [7, 11) is 0. The molecule has 0 saturated heterocycles. The number of nitrogens with one attached hydrogen (secondary N) is 1. The fraction of sp³-hybridized carbons (Fsp3) is 0.500. The Morgan fingerprint density at radius 1 is 1.26 bits per heavy atom. The van der Waals surface area contributed by atoms with Gasteiger partial charge in [-0.25, -0.2) is 0 Å². The van der Waals surface area contributed by atoms with Gasteiger partial charge in [0.05, 0.1) is 6.04 Å². The summed E-state index contributed by atoms with van der Waals surface area (Å²) >= 11 is 0. The summed E-state index contributed by atoms with van der Waals surface area (Å²) in [5, 5.41) is 30.3. The van der Waals surface area contributed by atoms with Gasteiger partial charge in [0.1, 0.15) is 12.2 Å². The number of hydrogen-bond donors (Lipinski definition) is 6. The molecular formula is C12H22Cl2N4O5. The van der Waals surface area contributed by atoms with Crippen molar-refractivity contribution in [2.75, 3.05) is 11.9 Å². The Kier molecular flexibility index (Phi) is 11.2. The van der Waals surface area contributed by atoms with Crippen molar-refractivity contribution in [1.82, 2.24) is 4.57 Å². The number of unbranched alkanes of at least 4 members (excludes halogenated alkanes) is 1. The molecule has 0 unspecified atom stereocenters. The number of hydrogen-bond acceptors (Lipinski definition) is 6. The number of amides is 1. The van der Waals surface area contributed by atoms with Gasteiger partial charge < -0.3 is 32.1 Å². The van der Waals surface area contributed by atoms with E-state index < -0.39 is 36.2 Å². The Morgan fingerprint density at radius 2 is 1.87 bits per heavy atom. The highest BCUT2D eigenvalue weighted by atomic mass is 35.5. The van der Waals surface area contributed by atoms with E-state index in [9.17, 15) is 19.8 Å². The van der Waals surface area contributed by atoms with Crippen LogP contribution in [0.1, 0.15) is 19.3 Å². The smallest absolute Gasteiger partial charge is 0.323 e. The lowest BCUT2D eigenvalue weighted by atomic mass is 10.1. The number of carboxylic acid groups (broad SMARTS) is 1. The number of nitrogens with two attached hydrogens (primary N) is 2. The van der Waals surface area contributed by atoms with Crippen LogP contribution in [-0.2, 0) is 16.1 Å². The van der Waals surface area contributed by atoms with Crippen LogP contribution in [0.2, 0.25) is 0 Å². The summed E-state index contributed by atoms with van der Waals surface area (Å²) in [5.41, 5.74) is 10.9. The zero-order valence-electron chi connectivity index (χ0n) is 12.3. The normalized spacial score (nSPS) is 11.0. The van der Waals surface area contributed by atoms with Crippen LogP contribution >= 0.6 is 24.8 Å². The molecule has 1 atom stereocenters. The van der Waals surface area contributed by atoms with Crippen LogP contribution in [0, 0.1) is 0 Å². The van der Waals surface area contributed by atoms with Crippen LogP contribution in [0.4, 0.5) is 5.69 Å². The molecule has 0 radical (unpaired) electrons. The molecule has 0 spiro atoms. The molecule has 0 aromatic carbocycles. The molecular weight excluding hydrogens is 351 g/mol. The fourth-order valence-electron chi connectivity index (χ4n) is 1.77. The van der Waals surface area contributed by atoms with Gasteiger partial charge in [0, 0.05) is 6.07 Å². The Bertz CT molecular complexity index is 524. The first kappa shape index (κ1) is 23.6. The molecule has 0 aliphatic carbocycles. The SMILES string of the molecule is Cl.Cl.NCCCC[C@H](N)C(=O)Nc1cc(O)n(CC(=O)O)c1O. The van der Waals surface area contributed by atoms with Crippen molar-refractivity contribution >= 4 is 42.4 Å². The van der Waals surface area contributed by atoms with Crippen molar-refractivity contribution in [3.63, 3.8) is 0 Å². The molecule has 0 bridgehead atoms. The summed E-state index contributed by atoms with van der Waals surface area (Å²) < 4.78 is 0.748. The first-order chi connectivity index (χ1) is 9.86. The van der Waals surface area contributed by atoms with E-state index in [2.05, 4.69) is 5.32 Å². The molecule has 1 aromatic rings. The maximum Gasteiger partial charge on any atom is 0.323 e.